The first-order valence-electron chi connectivity index (χ1n) is 8.06. The molecule has 3 rings (SSSR count). The van der Waals surface area contributed by atoms with Crippen LogP contribution >= 0.6 is 0 Å². The van der Waals surface area contributed by atoms with Gasteiger partial charge in [-0.25, -0.2) is 4.68 Å². The van der Waals surface area contributed by atoms with E-state index in [-0.39, 0.29) is 12.6 Å². The SMILES string of the molecule is CC(C)n1cc(C2(O)CCCN(Cc3ccc(CO)o3)C2)nn1. The lowest BCUT2D eigenvalue weighted by Crippen LogP contribution is -2.45. The topological polar surface area (TPSA) is 87.5 Å². The number of piperidine rings is 1. The van der Waals surface area contributed by atoms with Crippen molar-refractivity contribution in [2.45, 2.75) is 51.5 Å². The highest BCUT2D eigenvalue weighted by Gasteiger charge is 2.37. The molecule has 1 aliphatic heterocycles. The molecule has 23 heavy (non-hydrogen) atoms. The second kappa shape index (κ2) is 6.43. The van der Waals surface area contributed by atoms with Gasteiger partial charge in [0, 0.05) is 12.6 Å². The van der Waals surface area contributed by atoms with Crippen LogP contribution in [0, 0.1) is 0 Å². The molecule has 1 unspecified atom stereocenters. The van der Waals surface area contributed by atoms with Crippen molar-refractivity contribution in [2.75, 3.05) is 13.1 Å². The Balaban J connectivity index is 1.70. The van der Waals surface area contributed by atoms with E-state index in [2.05, 4.69) is 15.2 Å². The zero-order valence-corrected chi connectivity index (χ0v) is 13.6. The van der Waals surface area contributed by atoms with Gasteiger partial charge in [0.2, 0.25) is 0 Å². The highest BCUT2D eigenvalue weighted by atomic mass is 16.4. The molecule has 2 aromatic heterocycles. The second-order valence-electron chi connectivity index (χ2n) is 6.55. The molecule has 1 aliphatic rings. The van der Waals surface area contributed by atoms with Gasteiger partial charge in [-0.2, -0.15) is 0 Å². The number of nitrogens with zero attached hydrogens (tertiary/aromatic N) is 4. The maximum Gasteiger partial charge on any atom is 0.129 e. The highest BCUT2D eigenvalue weighted by Crippen LogP contribution is 2.31. The van der Waals surface area contributed by atoms with Crippen LogP contribution in [0.4, 0.5) is 0 Å². The average molecular weight is 320 g/mol. The van der Waals surface area contributed by atoms with Gasteiger partial charge in [0.1, 0.15) is 29.4 Å². The standard InChI is InChI=1S/C16H24N4O3/c1-12(2)20-9-15(17-18-20)16(22)6-3-7-19(11-16)8-13-4-5-14(10-21)23-13/h4-5,9,12,21-22H,3,6-8,10-11H2,1-2H3. The summed E-state index contributed by atoms with van der Waals surface area (Å²) >= 11 is 0. The number of aromatic nitrogens is 3. The van der Waals surface area contributed by atoms with Crippen LogP contribution in [-0.4, -0.2) is 43.2 Å². The number of hydrogen-bond donors (Lipinski definition) is 2. The monoisotopic (exact) mass is 320 g/mol. The summed E-state index contributed by atoms with van der Waals surface area (Å²) < 4.78 is 7.31. The molecule has 0 bridgehead atoms. The first-order chi connectivity index (χ1) is 11.0. The Hall–Kier alpha value is -1.70. The number of β-amino-alcohol motifs (C(OH)–C–C–N with tert-alkyl or cyclic N) is 1. The third-order valence-corrected chi connectivity index (χ3v) is 4.32. The molecule has 3 heterocycles. The zero-order valence-electron chi connectivity index (χ0n) is 13.6. The number of furan rings is 1. The molecule has 0 radical (unpaired) electrons. The van der Waals surface area contributed by atoms with Crippen LogP contribution in [0.25, 0.3) is 0 Å². The Morgan fingerprint density at radius 1 is 1.35 bits per heavy atom. The fraction of sp³-hybridized carbons (Fsp3) is 0.625. The normalized spacial score (nSPS) is 22.8. The zero-order chi connectivity index (χ0) is 16.4. The van der Waals surface area contributed by atoms with Crippen molar-refractivity contribution in [3.05, 3.63) is 35.5 Å². The van der Waals surface area contributed by atoms with E-state index >= 15 is 0 Å². The maximum absolute atomic E-state index is 11.0. The van der Waals surface area contributed by atoms with Gasteiger partial charge in [-0.1, -0.05) is 5.21 Å². The highest BCUT2D eigenvalue weighted by molar-refractivity contribution is 5.11. The molecule has 0 amide bonds. The smallest absolute Gasteiger partial charge is 0.129 e. The van der Waals surface area contributed by atoms with E-state index in [0.29, 0.717) is 31.0 Å². The van der Waals surface area contributed by atoms with Crippen LogP contribution in [-0.2, 0) is 18.8 Å². The van der Waals surface area contributed by atoms with E-state index in [9.17, 15) is 5.11 Å². The summed E-state index contributed by atoms with van der Waals surface area (Å²) in [6.07, 6.45) is 3.41. The summed E-state index contributed by atoms with van der Waals surface area (Å²) in [6.45, 7) is 5.98. The quantitative estimate of drug-likeness (QED) is 0.866. The molecule has 1 saturated heterocycles. The summed E-state index contributed by atoms with van der Waals surface area (Å²) in [5.74, 6) is 1.36. The first kappa shape index (κ1) is 16.2. The van der Waals surface area contributed by atoms with Gasteiger partial charge in [-0.15, -0.1) is 5.10 Å². The van der Waals surface area contributed by atoms with Crippen molar-refractivity contribution < 1.29 is 14.6 Å². The average Bonchev–Trinajstić information content (AvgIpc) is 3.16. The molecule has 0 spiro atoms. The molecule has 0 aliphatic carbocycles. The largest absolute Gasteiger partial charge is 0.462 e. The van der Waals surface area contributed by atoms with Gasteiger partial charge in [0.15, 0.2) is 0 Å². The van der Waals surface area contributed by atoms with Crippen molar-refractivity contribution in [2.24, 2.45) is 0 Å². The molecule has 1 atom stereocenters. The van der Waals surface area contributed by atoms with Crippen LogP contribution in [0.3, 0.4) is 0 Å². The van der Waals surface area contributed by atoms with Crippen LogP contribution in [0.5, 0.6) is 0 Å². The minimum atomic E-state index is -0.974. The Morgan fingerprint density at radius 3 is 2.78 bits per heavy atom. The molecule has 2 aromatic rings. The molecular formula is C16H24N4O3. The summed E-state index contributed by atoms with van der Waals surface area (Å²) in [5, 5.41) is 28.4. The molecule has 7 heteroatoms. The first-order valence-corrected chi connectivity index (χ1v) is 8.06. The molecule has 7 nitrogen and oxygen atoms in total. The molecule has 2 N–H and O–H groups in total. The minimum absolute atomic E-state index is 0.0950. The number of rotatable bonds is 5. The predicted octanol–water partition coefficient (Wildman–Crippen LogP) is 1.43. The molecule has 126 valence electrons. The van der Waals surface area contributed by atoms with E-state index in [1.165, 1.54) is 0 Å². The summed E-state index contributed by atoms with van der Waals surface area (Å²) in [4.78, 5) is 2.15. The van der Waals surface area contributed by atoms with E-state index in [4.69, 9.17) is 9.52 Å². The van der Waals surface area contributed by atoms with Gasteiger partial charge in [-0.05, 0) is 45.4 Å². The molecule has 1 fully saturated rings. The summed E-state index contributed by atoms with van der Waals surface area (Å²) in [7, 11) is 0. The maximum atomic E-state index is 11.0. The van der Waals surface area contributed by atoms with Crippen molar-refractivity contribution in [1.29, 1.82) is 0 Å². The molecular weight excluding hydrogens is 296 g/mol. The Bertz CT molecular complexity index is 651. The second-order valence-corrected chi connectivity index (χ2v) is 6.55. The van der Waals surface area contributed by atoms with Crippen molar-refractivity contribution in [3.63, 3.8) is 0 Å². The van der Waals surface area contributed by atoms with Crippen LogP contribution < -0.4 is 0 Å². The third kappa shape index (κ3) is 3.46. The Morgan fingerprint density at radius 2 is 2.13 bits per heavy atom. The van der Waals surface area contributed by atoms with Gasteiger partial charge < -0.3 is 14.6 Å². The van der Waals surface area contributed by atoms with Gasteiger partial charge in [0.05, 0.1) is 12.7 Å². The fourth-order valence-corrected chi connectivity index (χ4v) is 3.02. The lowest BCUT2D eigenvalue weighted by molar-refractivity contribution is -0.0430. The Labute approximate surface area is 135 Å². The molecule has 0 saturated carbocycles. The minimum Gasteiger partial charge on any atom is -0.462 e. The lowest BCUT2D eigenvalue weighted by Gasteiger charge is -2.37. The van der Waals surface area contributed by atoms with Gasteiger partial charge in [0.25, 0.3) is 0 Å². The summed E-state index contributed by atoms with van der Waals surface area (Å²) in [6, 6.07) is 3.87. The fourth-order valence-electron chi connectivity index (χ4n) is 3.02. The van der Waals surface area contributed by atoms with Crippen LogP contribution in [0.2, 0.25) is 0 Å². The number of aliphatic hydroxyl groups is 2. The predicted molar refractivity (Wildman–Crippen MR) is 83.4 cm³/mol. The Kier molecular flexibility index (Phi) is 4.52. The van der Waals surface area contributed by atoms with Crippen LogP contribution in [0.1, 0.15) is 49.9 Å². The van der Waals surface area contributed by atoms with Crippen molar-refractivity contribution in [1.82, 2.24) is 19.9 Å². The van der Waals surface area contributed by atoms with E-state index in [0.717, 1.165) is 18.7 Å². The van der Waals surface area contributed by atoms with Gasteiger partial charge in [-0.3, -0.25) is 4.90 Å². The third-order valence-electron chi connectivity index (χ3n) is 4.32. The number of hydrogen-bond acceptors (Lipinski definition) is 6. The van der Waals surface area contributed by atoms with Gasteiger partial charge >= 0.3 is 0 Å². The van der Waals surface area contributed by atoms with Crippen LogP contribution in [0.15, 0.2) is 22.7 Å². The summed E-state index contributed by atoms with van der Waals surface area (Å²) in [5.41, 5.74) is -0.343. The lowest BCUT2D eigenvalue weighted by atomic mass is 9.90. The van der Waals surface area contributed by atoms with E-state index in [1.807, 2.05) is 26.1 Å². The van der Waals surface area contributed by atoms with E-state index < -0.39 is 5.60 Å². The molecule has 0 aromatic carbocycles. The van der Waals surface area contributed by atoms with Crippen molar-refractivity contribution >= 4 is 0 Å². The number of aliphatic hydroxyl groups excluding tert-OH is 1. The van der Waals surface area contributed by atoms with Crippen molar-refractivity contribution in [3.8, 4) is 0 Å². The number of likely N-dealkylation sites (tertiary alicyclic amines) is 1. The van der Waals surface area contributed by atoms with E-state index in [1.54, 1.807) is 10.7 Å².